The van der Waals surface area contributed by atoms with Gasteiger partial charge in [-0.05, 0) is 6.92 Å². The highest BCUT2D eigenvalue weighted by molar-refractivity contribution is 5.92. The summed E-state index contributed by atoms with van der Waals surface area (Å²) in [6.45, 7) is 3.68. The van der Waals surface area contributed by atoms with Crippen molar-refractivity contribution in [2.24, 2.45) is 0 Å². The maximum Gasteiger partial charge on any atom is 0.331 e. The maximum atomic E-state index is 11.8. The number of hydrogen-bond acceptors (Lipinski definition) is 10. The first-order chi connectivity index (χ1) is 13.3. The van der Waals surface area contributed by atoms with Gasteiger partial charge >= 0.3 is 23.9 Å². The summed E-state index contributed by atoms with van der Waals surface area (Å²) in [6, 6.07) is 0. The minimum Gasteiger partial charge on any atom is -0.466 e. The smallest absolute Gasteiger partial charge is 0.331 e. The second-order valence-electron chi connectivity index (χ2n) is 6.02. The van der Waals surface area contributed by atoms with E-state index in [1.807, 2.05) is 4.90 Å². The van der Waals surface area contributed by atoms with Gasteiger partial charge in [0.2, 0.25) is 0 Å². The number of rotatable bonds is 9. The lowest BCUT2D eigenvalue weighted by Crippen LogP contribution is -2.57. The fourth-order valence-corrected chi connectivity index (χ4v) is 2.29. The van der Waals surface area contributed by atoms with Crippen LogP contribution in [-0.4, -0.2) is 88.1 Å². The Morgan fingerprint density at radius 2 is 1.21 bits per heavy atom. The van der Waals surface area contributed by atoms with Gasteiger partial charge in [0.25, 0.3) is 0 Å². The van der Waals surface area contributed by atoms with Crippen LogP contribution in [0.2, 0.25) is 0 Å². The Morgan fingerprint density at radius 1 is 0.821 bits per heavy atom. The van der Waals surface area contributed by atoms with E-state index in [0.717, 1.165) is 24.3 Å². The fourth-order valence-electron chi connectivity index (χ4n) is 2.29. The molecular weight excluding hydrogens is 374 g/mol. The molecule has 0 aromatic heterocycles. The highest BCUT2D eigenvalue weighted by Crippen LogP contribution is 2.19. The molecule has 0 spiro atoms. The summed E-state index contributed by atoms with van der Waals surface area (Å²) in [5, 5.41) is 0. The molecular formula is C18H25NO9. The van der Waals surface area contributed by atoms with Crippen LogP contribution in [0.25, 0.3) is 0 Å². The predicted octanol–water partition coefficient (Wildman–Crippen LogP) is -0.378. The number of hydrogen-bond donors (Lipinski definition) is 0. The molecule has 0 amide bonds. The van der Waals surface area contributed by atoms with Crippen molar-refractivity contribution >= 4 is 23.9 Å². The lowest BCUT2D eigenvalue weighted by molar-refractivity contribution is -0.152. The number of morpholine rings is 1. The van der Waals surface area contributed by atoms with Crippen LogP contribution in [0.1, 0.15) is 6.92 Å². The van der Waals surface area contributed by atoms with E-state index in [-0.39, 0.29) is 13.2 Å². The van der Waals surface area contributed by atoms with Gasteiger partial charge in [0.15, 0.2) is 0 Å². The van der Waals surface area contributed by atoms with Crippen LogP contribution in [-0.2, 0) is 42.9 Å². The summed E-state index contributed by atoms with van der Waals surface area (Å²) in [7, 11) is 2.38. The summed E-state index contributed by atoms with van der Waals surface area (Å²) in [4.78, 5) is 47.7. The monoisotopic (exact) mass is 399 g/mol. The van der Waals surface area contributed by atoms with Crippen LogP contribution < -0.4 is 0 Å². The first kappa shape index (κ1) is 23.3. The zero-order valence-electron chi connectivity index (χ0n) is 16.2. The molecule has 10 heteroatoms. The molecule has 1 aliphatic rings. The fraction of sp³-hybridized carbons (Fsp3) is 0.556. The Bertz CT molecular complexity index is 579. The van der Waals surface area contributed by atoms with E-state index in [1.54, 1.807) is 6.92 Å². The molecule has 1 saturated heterocycles. The molecule has 1 rings (SSSR count). The normalized spacial score (nSPS) is 15.4. The molecule has 0 atom stereocenters. The lowest BCUT2D eigenvalue weighted by atomic mass is 10.0. The summed E-state index contributed by atoms with van der Waals surface area (Å²) in [6.07, 6.45) is 3.81. The molecule has 1 aliphatic heterocycles. The quantitative estimate of drug-likeness (QED) is 0.288. The van der Waals surface area contributed by atoms with Crippen LogP contribution in [0.3, 0.4) is 0 Å². The van der Waals surface area contributed by atoms with E-state index in [0.29, 0.717) is 26.3 Å². The molecule has 0 aromatic carbocycles. The zero-order valence-corrected chi connectivity index (χ0v) is 16.2. The van der Waals surface area contributed by atoms with E-state index >= 15 is 0 Å². The van der Waals surface area contributed by atoms with Gasteiger partial charge in [0.05, 0.1) is 33.0 Å². The third-order valence-electron chi connectivity index (χ3n) is 3.94. The third kappa shape index (κ3) is 8.31. The van der Waals surface area contributed by atoms with Gasteiger partial charge in [0.1, 0.15) is 13.2 Å². The molecule has 0 N–H and O–H groups in total. The van der Waals surface area contributed by atoms with Crippen molar-refractivity contribution in [1.82, 2.24) is 4.90 Å². The second-order valence-corrected chi connectivity index (χ2v) is 6.02. The van der Waals surface area contributed by atoms with Crippen LogP contribution in [0.15, 0.2) is 24.3 Å². The highest BCUT2D eigenvalue weighted by atomic mass is 16.6. The second kappa shape index (κ2) is 11.9. The van der Waals surface area contributed by atoms with E-state index < -0.39 is 29.4 Å². The minimum absolute atomic E-state index is 0.0919. The Balaban J connectivity index is 2.71. The molecule has 10 nitrogen and oxygen atoms in total. The number of nitrogens with zero attached hydrogens (tertiary/aromatic N) is 1. The van der Waals surface area contributed by atoms with Crippen molar-refractivity contribution < 1.29 is 42.9 Å². The summed E-state index contributed by atoms with van der Waals surface area (Å²) in [5.74, 6) is -2.83. The highest BCUT2D eigenvalue weighted by Gasteiger charge is 2.36. The SMILES string of the molecule is COC(=O)/C=C/C(=O)OCC(C)(COC(=O)/C=C/C(=O)OC)N1CCOCC1. The average Bonchev–Trinajstić information content (AvgIpc) is 2.73. The van der Waals surface area contributed by atoms with Gasteiger partial charge in [-0.3, -0.25) is 4.90 Å². The summed E-state index contributed by atoms with van der Waals surface area (Å²) < 4.78 is 24.5. The summed E-state index contributed by atoms with van der Waals surface area (Å²) >= 11 is 0. The molecule has 1 fully saturated rings. The number of ether oxygens (including phenoxy) is 5. The van der Waals surface area contributed by atoms with Gasteiger partial charge in [-0.25, -0.2) is 19.2 Å². The van der Waals surface area contributed by atoms with Crippen LogP contribution >= 0.6 is 0 Å². The molecule has 0 aliphatic carbocycles. The first-order valence-corrected chi connectivity index (χ1v) is 8.49. The molecule has 28 heavy (non-hydrogen) atoms. The third-order valence-corrected chi connectivity index (χ3v) is 3.94. The molecule has 1 heterocycles. The van der Waals surface area contributed by atoms with Crippen LogP contribution in [0, 0.1) is 0 Å². The largest absolute Gasteiger partial charge is 0.466 e. The van der Waals surface area contributed by atoms with Crippen molar-refractivity contribution in [3.05, 3.63) is 24.3 Å². The molecule has 0 radical (unpaired) electrons. The van der Waals surface area contributed by atoms with Crippen molar-refractivity contribution in [2.75, 3.05) is 53.7 Å². The van der Waals surface area contributed by atoms with E-state index in [1.165, 1.54) is 14.2 Å². The molecule has 0 aromatic rings. The Kier molecular flexibility index (Phi) is 9.89. The van der Waals surface area contributed by atoms with Gasteiger partial charge in [-0.2, -0.15) is 0 Å². The topological polar surface area (TPSA) is 118 Å². The number of methoxy groups -OCH3 is 2. The average molecular weight is 399 g/mol. The maximum absolute atomic E-state index is 11.8. The lowest BCUT2D eigenvalue weighted by Gasteiger charge is -2.41. The molecule has 0 saturated carbocycles. The molecule has 0 bridgehead atoms. The Labute approximate surface area is 163 Å². The predicted molar refractivity (Wildman–Crippen MR) is 95.0 cm³/mol. The van der Waals surface area contributed by atoms with Crippen molar-refractivity contribution in [3.8, 4) is 0 Å². The molecule has 0 unspecified atom stereocenters. The molecule has 156 valence electrons. The Morgan fingerprint density at radius 3 is 1.61 bits per heavy atom. The number of carbonyl (C=O) groups is 4. The zero-order chi connectivity index (χ0) is 21.0. The van der Waals surface area contributed by atoms with Gasteiger partial charge in [-0.15, -0.1) is 0 Å². The van der Waals surface area contributed by atoms with E-state index in [4.69, 9.17) is 14.2 Å². The Hall–Kier alpha value is -2.72. The standard InChI is InChI=1S/C18H25NO9/c1-18(19-8-10-26-11-9-19,12-27-16(22)6-4-14(20)24-2)13-28-17(23)7-5-15(21)25-3/h4-7H,8-13H2,1-3H3/b6-4+,7-5+. The number of carbonyl (C=O) groups excluding carboxylic acids is 4. The van der Waals surface area contributed by atoms with Gasteiger partial charge in [-0.1, -0.05) is 0 Å². The van der Waals surface area contributed by atoms with Crippen molar-refractivity contribution in [3.63, 3.8) is 0 Å². The van der Waals surface area contributed by atoms with E-state index in [2.05, 4.69) is 9.47 Å². The number of esters is 4. The summed E-state index contributed by atoms with van der Waals surface area (Å²) in [5.41, 5.74) is -0.826. The minimum atomic E-state index is -0.826. The van der Waals surface area contributed by atoms with Gasteiger partial charge < -0.3 is 23.7 Å². The van der Waals surface area contributed by atoms with Crippen molar-refractivity contribution in [2.45, 2.75) is 12.5 Å². The van der Waals surface area contributed by atoms with Crippen LogP contribution in [0.4, 0.5) is 0 Å². The van der Waals surface area contributed by atoms with Crippen molar-refractivity contribution in [1.29, 1.82) is 0 Å². The van der Waals surface area contributed by atoms with Gasteiger partial charge in [0, 0.05) is 37.4 Å². The van der Waals surface area contributed by atoms with E-state index in [9.17, 15) is 19.2 Å². The van der Waals surface area contributed by atoms with Crippen LogP contribution in [0.5, 0.6) is 0 Å². The first-order valence-electron chi connectivity index (χ1n) is 8.49.